The van der Waals surface area contributed by atoms with E-state index >= 15 is 0 Å². The van der Waals surface area contributed by atoms with E-state index < -0.39 is 59.6 Å². The SMILES string of the molecule is CCCCN1CC=C[C@]23O[C@@H]4/C=C\CCC(=O)N[C@H](C)[C@@H](c5ccccc5)OC(=O)[C@@H]4[C@H]2C(=O)N([C@@H](CO)Cc2ccccc2)[C@@H]3C1=O. The number of amides is 3. The van der Waals surface area contributed by atoms with E-state index in [0.717, 1.165) is 18.4 Å². The zero-order valence-corrected chi connectivity index (χ0v) is 27.6. The van der Waals surface area contributed by atoms with Crippen molar-refractivity contribution in [2.24, 2.45) is 11.8 Å². The van der Waals surface area contributed by atoms with Gasteiger partial charge in [-0.15, -0.1) is 0 Å². The number of rotatable bonds is 8. The number of hydrogen-bond donors (Lipinski definition) is 2. The lowest BCUT2D eigenvalue weighted by molar-refractivity contribution is -0.162. The standard InChI is InChI=1S/C38H45N3O7/c1-3-4-21-40-22-13-20-38-32(35(44)41(34(38)36(40)45)28(24-42)23-26-14-7-5-8-15-26)31-29(48-38)18-11-12-19-30(43)39-25(2)33(47-37(31)46)27-16-9-6-10-17-27/h5-11,13-18,20,25,28-29,31-34,42H,3-4,12,19,21-24H2,1-2H3,(H,39,43)/b18-11-/t25-,28-,29-,31+,32+,33+,34-,38+/m1/s1. The maximum atomic E-state index is 14.9. The Morgan fingerprint density at radius 2 is 1.73 bits per heavy atom. The summed E-state index contributed by atoms with van der Waals surface area (Å²) < 4.78 is 13.1. The van der Waals surface area contributed by atoms with E-state index in [9.17, 15) is 24.3 Å². The predicted octanol–water partition coefficient (Wildman–Crippen LogP) is 3.51. The molecule has 0 bridgehead atoms. The third-order valence-corrected chi connectivity index (χ3v) is 10.1. The van der Waals surface area contributed by atoms with Crippen molar-refractivity contribution in [2.45, 2.75) is 81.9 Å². The zero-order chi connectivity index (χ0) is 33.8. The van der Waals surface area contributed by atoms with Crippen LogP contribution < -0.4 is 5.32 Å². The van der Waals surface area contributed by atoms with E-state index in [0.29, 0.717) is 31.5 Å². The number of likely N-dealkylation sites (tertiary alicyclic amines) is 1. The molecule has 3 amide bonds. The third-order valence-electron chi connectivity index (χ3n) is 10.1. The largest absolute Gasteiger partial charge is 0.455 e. The van der Waals surface area contributed by atoms with Gasteiger partial charge in [0.15, 0.2) is 0 Å². The minimum absolute atomic E-state index is 0.173. The van der Waals surface area contributed by atoms with Gasteiger partial charge in [0, 0.05) is 19.5 Å². The molecule has 254 valence electrons. The van der Waals surface area contributed by atoms with Gasteiger partial charge in [-0.05, 0) is 37.3 Å². The molecule has 2 aromatic carbocycles. The summed E-state index contributed by atoms with van der Waals surface area (Å²) in [6.07, 6.45) is 8.10. The van der Waals surface area contributed by atoms with E-state index in [1.807, 2.05) is 66.7 Å². The first-order chi connectivity index (χ1) is 23.3. The number of aliphatic hydroxyl groups is 1. The number of carbonyl (C=O) groups is 4. The van der Waals surface area contributed by atoms with Gasteiger partial charge in [0.1, 0.15) is 23.7 Å². The predicted molar refractivity (Wildman–Crippen MR) is 178 cm³/mol. The van der Waals surface area contributed by atoms with Gasteiger partial charge >= 0.3 is 5.97 Å². The van der Waals surface area contributed by atoms with Crippen LogP contribution in [0.5, 0.6) is 0 Å². The molecular weight excluding hydrogens is 610 g/mol. The second-order valence-electron chi connectivity index (χ2n) is 13.2. The molecule has 0 radical (unpaired) electrons. The summed E-state index contributed by atoms with van der Waals surface area (Å²) >= 11 is 0. The van der Waals surface area contributed by atoms with Crippen LogP contribution in [-0.2, 0) is 35.1 Å². The molecule has 2 saturated heterocycles. The van der Waals surface area contributed by atoms with Crippen LogP contribution in [-0.4, -0.2) is 88.1 Å². The Labute approximate surface area is 281 Å². The van der Waals surface area contributed by atoms with Crippen LogP contribution in [0.1, 0.15) is 56.8 Å². The van der Waals surface area contributed by atoms with Crippen molar-refractivity contribution in [1.29, 1.82) is 0 Å². The molecule has 4 aliphatic rings. The Kier molecular flexibility index (Phi) is 10.1. The van der Waals surface area contributed by atoms with E-state index in [1.165, 1.54) is 4.90 Å². The van der Waals surface area contributed by atoms with Gasteiger partial charge in [-0.2, -0.15) is 0 Å². The summed E-state index contributed by atoms with van der Waals surface area (Å²) in [7, 11) is 0. The lowest BCUT2D eigenvalue weighted by Crippen LogP contribution is -2.58. The smallest absolute Gasteiger partial charge is 0.313 e. The van der Waals surface area contributed by atoms with Crippen LogP contribution in [0.25, 0.3) is 0 Å². The second-order valence-corrected chi connectivity index (χ2v) is 13.2. The number of hydrogen-bond acceptors (Lipinski definition) is 7. The Morgan fingerprint density at radius 1 is 1.00 bits per heavy atom. The van der Waals surface area contributed by atoms with Gasteiger partial charge in [0.2, 0.25) is 17.7 Å². The lowest BCUT2D eigenvalue weighted by atomic mass is 9.77. The fourth-order valence-corrected chi connectivity index (χ4v) is 7.77. The van der Waals surface area contributed by atoms with Crippen LogP contribution >= 0.6 is 0 Å². The summed E-state index contributed by atoms with van der Waals surface area (Å²) in [5.74, 6) is -3.67. The highest BCUT2D eigenvalue weighted by molar-refractivity contribution is 5.99. The average Bonchev–Trinajstić information content (AvgIpc) is 3.49. The third kappa shape index (κ3) is 6.31. The van der Waals surface area contributed by atoms with E-state index in [4.69, 9.17) is 9.47 Å². The Bertz CT molecular complexity index is 1550. The number of aliphatic hydroxyl groups excluding tert-OH is 1. The molecule has 0 unspecified atom stereocenters. The number of nitrogens with zero attached hydrogens (tertiary/aromatic N) is 2. The summed E-state index contributed by atoms with van der Waals surface area (Å²) in [4.78, 5) is 60.0. The number of cyclic esters (lactones) is 1. The quantitative estimate of drug-likeness (QED) is 0.330. The molecule has 2 fully saturated rings. The van der Waals surface area contributed by atoms with Gasteiger partial charge in [-0.1, -0.05) is 98.3 Å². The number of unbranched alkanes of at least 4 members (excludes halogenated alkanes) is 1. The molecule has 1 spiro atoms. The van der Waals surface area contributed by atoms with Crippen molar-refractivity contribution in [1.82, 2.24) is 15.1 Å². The molecule has 4 heterocycles. The number of benzene rings is 2. The maximum absolute atomic E-state index is 14.9. The van der Waals surface area contributed by atoms with Crippen LogP contribution in [0.15, 0.2) is 85.0 Å². The first kappa shape index (κ1) is 33.6. The number of allylic oxidation sites excluding steroid dienone is 1. The van der Waals surface area contributed by atoms with E-state index in [2.05, 4.69) is 12.2 Å². The first-order valence-electron chi connectivity index (χ1n) is 17.1. The fourth-order valence-electron chi connectivity index (χ4n) is 7.77. The van der Waals surface area contributed by atoms with Gasteiger partial charge in [0.05, 0.1) is 30.7 Å². The highest BCUT2D eigenvalue weighted by Crippen LogP contribution is 2.54. The molecule has 4 aliphatic heterocycles. The molecule has 0 aromatic heterocycles. The number of carbonyl (C=O) groups excluding carboxylic acids is 4. The Balaban J connectivity index is 1.45. The van der Waals surface area contributed by atoms with Crippen molar-refractivity contribution in [3.63, 3.8) is 0 Å². The number of esters is 1. The molecule has 10 nitrogen and oxygen atoms in total. The van der Waals surface area contributed by atoms with Crippen molar-refractivity contribution < 1.29 is 33.8 Å². The summed E-state index contributed by atoms with van der Waals surface area (Å²) in [6.45, 7) is 4.32. The molecule has 10 heteroatoms. The zero-order valence-electron chi connectivity index (χ0n) is 27.6. The van der Waals surface area contributed by atoms with E-state index in [-0.39, 0.29) is 24.8 Å². The van der Waals surface area contributed by atoms with Crippen molar-refractivity contribution in [3.8, 4) is 0 Å². The van der Waals surface area contributed by atoms with Gasteiger partial charge in [-0.3, -0.25) is 19.2 Å². The van der Waals surface area contributed by atoms with Crippen LogP contribution in [0.2, 0.25) is 0 Å². The summed E-state index contributed by atoms with van der Waals surface area (Å²) in [6, 6.07) is 16.4. The van der Waals surface area contributed by atoms with Gasteiger partial charge < -0.3 is 29.7 Å². The Hall–Kier alpha value is -4.28. The molecule has 2 aromatic rings. The van der Waals surface area contributed by atoms with Gasteiger partial charge in [-0.25, -0.2) is 0 Å². The van der Waals surface area contributed by atoms with Crippen molar-refractivity contribution in [3.05, 3.63) is 96.1 Å². The number of fused-ring (bicyclic) bond motifs is 2. The topological polar surface area (TPSA) is 125 Å². The minimum Gasteiger partial charge on any atom is -0.455 e. The molecule has 2 N–H and O–H groups in total. The van der Waals surface area contributed by atoms with Gasteiger partial charge in [0.25, 0.3) is 0 Å². The maximum Gasteiger partial charge on any atom is 0.313 e. The highest BCUT2D eigenvalue weighted by atomic mass is 16.6. The number of nitrogens with one attached hydrogen (secondary N) is 1. The second kappa shape index (κ2) is 14.5. The monoisotopic (exact) mass is 655 g/mol. The molecular formula is C38H45N3O7. The molecule has 48 heavy (non-hydrogen) atoms. The van der Waals surface area contributed by atoms with Crippen molar-refractivity contribution >= 4 is 23.7 Å². The summed E-state index contributed by atoms with van der Waals surface area (Å²) in [5, 5.41) is 13.7. The van der Waals surface area contributed by atoms with E-state index in [1.54, 1.807) is 30.1 Å². The minimum atomic E-state index is -1.47. The number of ether oxygens (including phenoxy) is 2. The first-order valence-corrected chi connectivity index (χ1v) is 17.1. The van der Waals surface area contributed by atoms with Crippen LogP contribution in [0, 0.1) is 11.8 Å². The molecule has 6 rings (SSSR count). The fraction of sp³-hybridized carbons (Fsp3) is 0.474. The highest BCUT2D eigenvalue weighted by Gasteiger charge is 2.72. The van der Waals surface area contributed by atoms with Crippen LogP contribution in [0.3, 0.4) is 0 Å². The molecule has 0 aliphatic carbocycles. The van der Waals surface area contributed by atoms with Crippen LogP contribution in [0.4, 0.5) is 0 Å². The molecule has 8 atom stereocenters. The average molecular weight is 656 g/mol. The summed E-state index contributed by atoms with van der Waals surface area (Å²) in [5.41, 5.74) is 0.136. The normalized spacial score (nSPS) is 31.8. The van der Waals surface area contributed by atoms with Crippen molar-refractivity contribution in [2.75, 3.05) is 19.7 Å². The Morgan fingerprint density at radius 3 is 2.44 bits per heavy atom. The lowest BCUT2D eigenvalue weighted by Gasteiger charge is -2.38. The molecule has 0 saturated carbocycles.